The monoisotopic (exact) mass is 438 g/mol. The highest BCUT2D eigenvalue weighted by molar-refractivity contribution is 6.45. The standard InChI is InChI=1S/C23H20Cl2N4O/c24-20-7-6-18-19(16-11-26-27-12-16)10-21(28-23(18)22(20)25)29-9-8-17(13-29)30-14-15-4-2-1-3-5-15/h1-7,10-12,17H,8-9,13-14H2,(H,26,27). The highest BCUT2D eigenvalue weighted by Crippen LogP contribution is 2.37. The molecule has 3 heterocycles. The van der Waals surface area contributed by atoms with Gasteiger partial charge < -0.3 is 9.64 Å². The lowest BCUT2D eigenvalue weighted by atomic mass is 10.0. The zero-order valence-electron chi connectivity index (χ0n) is 16.2. The second-order valence-corrected chi connectivity index (χ2v) is 8.21. The lowest BCUT2D eigenvalue weighted by Crippen LogP contribution is -2.23. The summed E-state index contributed by atoms with van der Waals surface area (Å²) in [6, 6.07) is 16.1. The Labute approximate surface area is 184 Å². The first-order valence-corrected chi connectivity index (χ1v) is 10.6. The van der Waals surface area contributed by atoms with E-state index in [-0.39, 0.29) is 6.10 Å². The molecule has 1 atom stereocenters. The summed E-state index contributed by atoms with van der Waals surface area (Å²) in [6.45, 7) is 2.28. The van der Waals surface area contributed by atoms with Crippen molar-refractivity contribution in [1.29, 1.82) is 0 Å². The predicted molar refractivity (Wildman–Crippen MR) is 121 cm³/mol. The number of hydrogen-bond acceptors (Lipinski definition) is 4. The minimum atomic E-state index is 0.162. The van der Waals surface area contributed by atoms with Gasteiger partial charge in [0.25, 0.3) is 0 Å². The molecule has 1 fully saturated rings. The number of pyridine rings is 1. The van der Waals surface area contributed by atoms with E-state index in [1.165, 1.54) is 5.56 Å². The first-order valence-electron chi connectivity index (χ1n) is 9.87. The number of aromatic nitrogens is 3. The molecule has 0 bridgehead atoms. The molecule has 0 amide bonds. The lowest BCUT2D eigenvalue weighted by Gasteiger charge is -2.20. The number of rotatable bonds is 5. The molecule has 2 aromatic carbocycles. The van der Waals surface area contributed by atoms with Gasteiger partial charge in [-0.3, -0.25) is 5.10 Å². The number of anilines is 1. The molecule has 1 saturated heterocycles. The van der Waals surface area contributed by atoms with Crippen molar-refractivity contribution in [2.45, 2.75) is 19.1 Å². The van der Waals surface area contributed by atoms with Crippen LogP contribution in [0.15, 0.2) is 60.9 Å². The summed E-state index contributed by atoms with van der Waals surface area (Å²) < 4.78 is 6.14. The van der Waals surface area contributed by atoms with Crippen molar-refractivity contribution >= 4 is 39.9 Å². The van der Waals surface area contributed by atoms with Gasteiger partial charge in [-0.15, -0.1) is 0 Å². The highest BCUT2D eigenvalue weighted by Gasteiger charge is 2.25. The molecule has 4 aromatic rings. The van der Waals surface area contributed by atoms with Crippen molar-refractivity contribution in [2.75, 3.05) is 18.0 Å². The van der Waals surface area contributed by atoms with Crippen LogP contribution < -0.4 is 4.90 Å². The lowest BCUT2D eigenvalue weighted by molar-refractivity contribution is 0.0553. The molecule has 7 heteroatoms. The van der Waals surface area contributed by atoms with Crippen molar-refractivity contribution in [3.63, 3.8) is 0 Å². The maximum atomic E-state index is 6.52. The molecule has 1 unspecified atom stereocenters. The van der Waals surface area contributed by atoms with Crippen molar-refractivity contribution in [3.05, 3.63) is 76.5 Å². The number of fused-ring (bicyclic) bond motifs is 1. The molecular formula is C23H20Cl2N4O. The SMILES string of the molecule is Clc1ccc2c(-c3cn[nH]c3)cc(N3CCC(OCc4ccccc4)C3)nc2c1Cl. The summed E-state index contributed by atoms with van der Waals surface area (Å²) in [5.41, 5.74) is 3.89. The number of ether oxygens (including phenoxy) is 1. The summed E-state index contributed by atoms with van der Waals surface area (Å²) in [4.78, 5) is 7.11. The molecular weight excluding hydrogens is 419 g/mol. The van der Waals surface area contributed by atoms with Crippen molar-refractivity contribution < 1.29 is 4.74 Å². The van der Waals surface area contributed by atoms with Crippen LogP contribution in [-0.2, 0) is 11.3 Å². The van der Waals surface area contributed by atoms with Gasteiger partial charge in [-0.05, 0) is 29.7 Å². The number of nitrogens with zero attached hydrogens (tertiary/aromatic N) is 3. The van der Waals surface area contributed by atoms with E-state index in [0.717, 1.165) is 41.8 Å². The Hall–Kier alpha value is -2.60. The minimum Gasteiger partial charge on any atom is -0.372 e. The van der Waals surface area contributed by atoms with Crippen LogP contribution in [0.1, 0.15) is 12.0 Å². The first kappa shape index (κ1) is 19.4. The molecule has 0 radical (unpaired) electrons. The third-order valence-electron chi connectivity index (χ3n) is 5.47. The van der Waals surface area contributed by atoms with Crippen LogP contribution in [0.5, 0.6) is 0 Å². The number of halogens is 2. The second kappa shape index (κ2) is 8.26. The van der Waals surface area contributed by atoms with E-state index in [4.69, 9.17) is 32.9 Å². The van der Waals surface area contributed by atoms with Crippen LogP contribution >= 0.6 is 23.2 Å². The summed E-state index contributed by atoms with van der Waals surface area (Å²) in [5.74, 6) is 0.869. The third kappa shape index (κ3) is 3.76. The van der Waals surface area contributed by atoms with Crippen molar-refractivity contribution in [1.82, 2.24) is 15.2 Å². The zero-order chi connectivity index (χ0) is 20.5. The van der Waals surface area contributed by atoms with Crippen molar-refractivity contribution in [3.8, 4) is 11.1 Å². The number of H-pyrrole nitrogens is 1. The Bertz CT molecular complexity index is 1170. The summed E-state index contributed by atoms with van der Waals surface area (Å²) in [7, 11) is 0. The van der Waals surface area contributed by atoms with Gasteiger partial charge in [-0.25, -0.2) is 4.98 Å². The van der Waals surface area contributed by atoms with Crippen LogP contribution in [0.4, 0.5) is 5.82 Å². The normalized spacial score (nSPS) is 16.5. The molecule has 5 nitrogen and oxygen atoms in total. The van der Waals surface area contributed by atoms with Gasteiger partial charge in [0.15, 0.2) is 0 Å². The number of nitrogens with one attached hydrogen (secondary N) is 1. The van der Waals surface area contributed by atoms with Crippen LogP contribution in [0.25, 0.3) is 22.0 Å². The Balaban J connectivity index is 1.44. The van der Waals surface area contributed by atoms with Crippen LogP contribution in [-0.4, -0.2) is 34.4 Å². The number of benzene rings is 2. The summed E-state index contributed by atoms with van der Waals surface area (Å²) in [6.07, 6.45) is 4.79. The molecule has 0 aliphatic carbocycles. The third-order valence-corrected chi connectivity index (χ3v) is 6.26. The van der Waals surface area contributed by atoms with Crippen LogP contribution in [0.2, 0.25) is 10.0 Å². The molecule has 5 rings (SSSR count). The van der Waals surface area contributed by atoms with Gasteiger partial charge in [0.05, 0.1) is 34.5 Å². The molecule has 30 heavy (non-hydrogen) atoms. The minimum absolute atomic E-state index is 0.162. The second-order valence-electron chi connectivity index (χ2n) is 7.43. The fourth-order valence-corrected chi connectivity index (χ4v) is 4.24. The zero-order valence-corrected chi connectivity index (χ0v) is 17.7. The van der Waals surface area contributed by atoms with Crippen LogP contribution in [0, 0.1) is 0 Å². The van der Waals surface area contributed by atoms with E-state index in [0.29, 0.717) is 22.2 Å². The van der Waals surface area contributed by atoms with Crippen molar-refractivity contribution in [2.24, 2.45) is 0 Å². The van der Waals surface area contributed by atoms with Gasteiger partial charge in [0.2, 0.25) is 0 Å². The Morgan fingerprint density at radius 1 is 1.13 bits per heavy atom. The average Bonchev–Trinajstić information content (AvgIpc) is 3.47. The van der Waals surface area contributed by atoms with E-state index in [9.17, 15) is 0 Å². The molecule has 1 aliphatic rings. The van der Waals surface area contributed by atoms with Gasteiger partial charge >= 0.3 is 0 Å². The van der Waals surface area contributed by atoms with Gasteiger partial charge in [-0.1, -0.05) is 59.6 Å². The van der Waals surface area contributed by atoms with E-state index in [1.807, 2.05) is 30.5 Å². The average molecular weight is 439 g/mol. The smallest absolute Gasteiger partial charge is 0.130 e. The molecule has 1 N–H and O–H groups in total. The molecule has 0 spiro atoms. The fraction of sp³-hybridized carbons (Fsp3) is 0.217. The Morgan fingerprint density at radius 3 is 2.80 bits per heavy atom. The van der Waals surface area contributed by atoms with Gasteiger partial charge in [0, 0.05) is 30.2 Å². The molecule has 0 saturated carbocycles. The maximum Gasteiger partial charge on any atom is 0.130 e. The van der Waals surface area contributed by atoms with Crippen LogP contribution in [0.3, 0.4) is 0 Å². The Kier molecular flexibility index (Phi) is 5.34. The maximum absolute atomic E-state index is 6.52. The van der Waals surface area contributed by atoms with E-state index < -0.39 is 0 Å². The first-order chi connectivity index (χ1) is 14.7. The molecule has 152 valence electrons. The highest BCUT2D eigenvalue weighted by atomic mass is 35.5. The molecule has 2 aromatic heterocycles. The summed E-state index contributed by atoms with van der Waals surface area (Å²) in [5, 5.41) is 8.90. The van der Waals surface area contributed by atoms with Gasteiger partial charge in [-0.2, -0.15) is 5.10 Å². The summed E-state index contributed by atoms with van der Waals surface area (Å²) >= 11 is 12.8. The van der Waals surface area contributed by atoms with E-state index in [2.05, 4.69) is 33.3 Å². The topological polar surface area (TPSA) is 54.0 Å². The number of aromatic amines is 1. The largest absolute Gasteiger partial charge is 0.372 e. The van der Waals surface area contributed by atoms with Gasteiger partial charge in [0.1, 0.15) is 5.82 Å². The van der Waals surface area contributed by atoms with E-state index in [1.54, 1.807) is 12.3 Å². The molecule has 1 aliphatic heterocycles. The fourth-order valence-electron chi connectivity index (χ4n) is 3.88. The predicted octanol–water partition coefficient (Wildman–Crippen LogP) is 5.73. The Morgan fingerprint density at radius 2 is 2.00 bits per heavy atom. The number of hydrogen-bond donors (Lipinski definition) is 1. The van der Waals surface area contributed by atoms with E-state index >= 15 is 0 Å². The quantitative estimate of drug-likeness (QED) is 0.432.